The number of carbonyl (C=O) groups is 2. The zero-order valence-electron chi connectivity index (χ0n) is 14.5. The number of anilines is 1. The minimum atomic E-state index is -0.991. The van der Waals surface area contributed by atoms with Gasteiger partial charge >= 0.3 is 11.7 Å². The zero-order valence-corrected chi connectivity index (χ0v) is 15.2. The Kier molecular flexibility index (Phi) is 5.61. The minimum absolute atomic E-state index is 0.0712. The molecule has 27 heavy (non-hydrogen) atoms. The Labute approximate surface area is 159 Å². The molecule has 1 atom stereocenters. The summed E-state index contributed by atoms with van der Waals surface area (Å²) in [6, 6.07) is 13.6. The Morgan fingerprint density at radius 1 is 1.22 bits per heavy atom. The number of esters is 1. The van der Waals surface area contributed by atoms with Gasteiger partial charge in [0, 0.05) is 17.3 Å². The number of rotatable bonds is 6. The number of para-hydroxylation sites is 2. The number of aromatic nitrogens is 1. The minimum Gasteiger partial charge on any atom is -0.452 e. The number of hydrogen-bond donors (Lipinski definition) is 1. The van der Waals surface area contributed by atoms with Crippen molar-refractivity contribution in [1.82, 2.24) is 4.57 Å². The van der Waals surface area contributed by atoms with Crippen LogP contribution in [-0.2, 0) is 20.9 Å². The number of fused-ring (bicyclic) bond motifs is 1. The van der Waals surface area contributed by atoms with E-state index in [4.69, 9.17) is 20.8 Å². The largest absolute Gasteiger partial charge is 0.452 e. The van der Waals surface area contributed by atoms with Crippen LogP contribution in [0.5, 0.6) is 0 Å². The Morgan fingerprint density at radius 2 is 2.00 bits per heavy atom. The summed E-state index contributed by atoms with van der Waals surface area (Å²) in [6.45, 7) is 1.56. The molecule has 0 radical (unpaired) electrons. The maximum absolute atomic E-state index is 12.1. The van der Waals surface area contributed by atoms with Crippen LogP contribution in [0.2, 0.25) is 5.02 Å². The van der Waals surface area contributed by atoms with Crippen molar-refractivity contribution in [3.63, 3.8) is 0 Å². The first-order valence-corrected chi connectivity index (χ1v) is 8.66. The number of ether oxygens (including phenoxy) is 1. The normalized spacial score (nSPS) is 11.9. The molecule has 0 saturated heterocycles. The molecule has 0 aliphatic heterocycles. The molecule has 0 spiro atoms. The van der Waals surface area contributed by atoms with E-state index in [1.165, 1.54) is 11.5 Å². The van der Waals surface area contributed by atoms with Crippen LogP contribution in [0.15, 0.2) is 57.7 Å². The first kappa shape index (κ1) is 18.7. The van der Waals surface area contributed by atoms with Crippen LogP contribution in [0.4, 0.5) is 5.69 Å². The van der Waals surface area contributed by atoms with Gasteiger partial charge in [-0.1, -0.05) is 29.8 Å². The van der Waals surface area contributed by atoms with E-state index in [9.17, 15) is 14.4 Å². The van der Waals surface area contributed by atoms with Gasteiger partial charge < -0.3 is 14.5 Å². The second-order valence-corrected chi connectivity index (χ2v) is 6.31. The number of nitrogens with zero attached hydrogens (tertiary/aromatic N) is 1. The van der Waals surface area contributed by atoms with Gasteiger partial charge in [0.2, 0.25) is 0 Å². The number of halogens is 1. The lowest BCUT2D eigenvalue weighted by Crippen LogP contribution is -2.30. The highest BCUT2D eigenvalue weighted by atomic mass is 35.5. The van der Waals surface area contributed by atoms with Crippen molar-refractivity contribution in [3.05, 3.63) is 64.1 Å². The van der Waals surface area contributed by atoms with Gasteiger partial charge in [-0.05, 0) is 37.3 Å². The van der Waals surface area contributed by atoms with Crippen LogP contribution < -0.4 is 11.1 Å². The Morgan fingerprint density at radius 3 is 2.78 bits per heavy atom. The molecule has 0 aliphatic rings. The third-order valence-corrected chi connectivity index (χ3v) is 4.12. The molecule has 0 bridgehead atoms. The van der Waals surface area contributed by atoms with Crippen molar-refractivity contribution >= 4 is 40.3 Å². The van der Waals surface area contributed by atoms with Crippen LogP contribution in [0.25, 0.3) is 11.1 Å². The molecule has 0 fully saturated rings. The summed E-state index contributed by atoms with van der Waals surface area (Å²) in [5, 5.41) is 3.10. The summed E-state index contributed by atoms with van der Waals surface area (Å²) in [5.74, 6) is -1.62. The standard InChI is InChI=1S/C19H17ClN2O5/c1-12(18(24)21-14-6-4-5-13(20)11-14)26-17(23)9-10-22-15-7-2-3-8-16(15)27-19(22)25/h2-8,11-12H,9-10H2,1H3,(H,21,24)/t12-/m0/s1. The van der Waals surface area contributed by atoms with Crippen molar-refractivity contribution < 1.29 is 18.7 Å². The quantitative estimate of drug-likeness (QED) is 0.655. The van der Waals surface area contributed by atoms with Crippen LogP contribution in [0.3, 0.4) is 0 Å². The van der Waals surface area contributed by atoms with Crippen LogP contribution in [0, 0.1) is 0 Å². The third-order valence-electron chi connectivity index (χ3n) is 3.88. The molecule has 1 heterocycles. The van der Waals surface area contributed by atoms with E-state index in [1.807, 2.05) is 0 Å². The van der Waals surface area contributed by atoms with Crippen molar-refractivity contribution in [2.24, 2.45) is 0 Å². The van der Waals surface area contributed by atoms with Crippen molar-refractivity contribution in [2.45, 2.75) is 26.0 Å². The molecule has 1 N–H and O–H groups in total. The topological polar surface area (TPSA) is 90.5 Å². The number of hydrogen-bond acceptors (Lipinski definition) is 5. The SMILES string of the molecule is C[C@H](OC(=O)CCn1c(=O)oc2ccccc21)C(=O)Nc1cccc(Cl)c1. The van der Waals surface area contributed by atoms with Gasteiger partial charge in [-0.25, -0.2) is 4.79 Å². The summed E-state index contributed by atoms with van der Waals surface area (Å²) >= 11 is 5.86. The molecule has 3 rings (SSSR count). The van der Waals surface area contributed by atoms with Crippen molar-refractivity contribution in [1.29, 1.82) is 0 Å². The summed E-state index contributed by atoms with van der Waals surface area (Å²) in [4.78, 5) is 36.0. The molecule has 3 aromatic rings. The smallest absolute Gasteiger partial charge is 0.419 e. The highest BCUT2D eigenvalue weighted by Crippen LogP contribution is 2.16. The van der Waals surface area contributed by atoms with E-state index in [0.29, 0.717) is 21.8 Å². The molecular weight excluding hydrogens is 372 g/mol. The zero-order chi connectivity index (χ0) is 19.4. The first-order chi connectivity index (χ1) is 12.9. The van der Waals surface area contributed by atoms with Crippen LogP contribution in [-0.4, -0.2) is 22.5 Å². The Balaban J connectivity index is 1.56. The molecule has 0 unspecified atom stereocenters. The van der Waals surface area contributed by atoms with Gasteiger partial charge in [-0.3, -0.25) is 14.2 Å². The predicted octanol–water partition coefficient (Wildman–Crippen LogP) is 3.21. The van der Waals surface area contributed by atoms with Crippen molar-refractivity contribution in [2.75, 3.05) is 5.32 Å². The fraction of sp³-hybridized carbons (Fsp3) is 0.211. The van der Waals surface area contributed by atoms with Gasteiger partial charge in [0.15, 0.2) is 11.7 Å². The predicted molar refractivity (Wildman–Crippen MR) is 101 cm³/mol. The monoisotopic (exact) mass is 388 g/mol. The molecule has 0 saturated carbocycles. The molecule has 0 aliphatic carbocycles. The lowest BCUT2D eigenvalue weighted by atomic mass is 10.3. The molecule has 140 valence electrons. The average molecular weight is 389 g/mol. The first-order valence-electron chi connectivity index (χ1n) is 8.28. The van der Waals surface area contributed by atoms with Crippen molar-refractivity contribution in [3.8, 4) is 0 Å². The Bertz CT molecular complexity index is 1040. The number of benzene rings is 2. The highest BCUT2D eigenvalue weighted by Gasteiger charge is 2.19. The van der Waals surface area contributed by atoms with E-state index < -0.39 is 23.7 Å². The van der Waals surface area contributed by atoms with E-state index >= 15 is 0 Å². The number of amides is 1. The molecule has 1 aromatic heterocycles. The maximum atomic E-state index is 12.1. The highest BCUT2D eigenvalue weighted by molar-refractivity contribution is 6.30. The summed E-state index contributed by atoms with van der Waals surface area (Å²) in [7, 11) is 0. The number of carbonyl (C=O) groups excluding carboxylic acids is 2. The molecule has 2 aromatic carbocycles. The third kappa shape index (κ3) is 4.57. The second kappa shape index (κ2) is 8.09. The van der Waals surface area contributed by atoms with E-state index in [1.54, 1.807) is 48.5 Å². The van der Waals surface area contributed by atoms with E-state index in [-0.39, 0.29) is 13.0 Å². The van der Waals surface area contributed by atoms with E-state index in [2.05, 4.69) is 5.32 Å². The van der Waals surface area contributed by atoms with E-state index in [0.717, 1.165) is 0 Å². The van der Waals surface area contributed by atoms with Gasteiger partial charge in [0.05, 0.1) is 11.9 Å². The average Bonchev–Trinajstić information content (AvgIpc) is 2.95. The van der Waals surface area contributed by atoms with Gasteiger partial charge in [-0.15, -0.1) is 0 Å². The summed E-state index contributed by atoms with van der Waals surface area (Å²) in [5.41, 5.74) is 1.55. The fourth-order valence-corrected chi connectivity index (χ4v) is 2.74. The maximum Gasteiger partial charge on any atom is 0.419 e. The summed E-state index contributed by atoms with van der Waals surface area (Å²) in [6.07, 6.45) is -1.06. The van der Waals surface area contributed by atoms with Crippen LogP contribution >= 0.6 is 11.6 Å². The molecular formula is C19H17ClN2O5. The van der Waals surface area contributed by atoms with Gasteiger partial charge in [0.1, 0.15) is 0 Å². The second-order valence-electron chi connectivity index (χ2n) is 5.87. The Hall–Kier alpha value is -3.06. The molecule has 1 amide bonds. The van der Waals surface area contributed by atoms with Gasteiger partial charge in [0.25, 0.3) is 5.91 Å². The van der Waals surface area contributed by atoms with Gasteiger partial charge in [-0.2, -0.15) is 0 Å². The summed E-state index contributed by atoms with van der Waals surface area (Å²) < 4.78 is 11.6. The molecule has 7 nitrogen and oxygen atoms in total. The number of oxazole rings is 1. The lowest BCUT2D eigenvalue weighted by molar-refractivity contribution is -0.153. The molecule has 8 heteroatoms. The fourth-order valence-electron chi connectivity index (χ4n) is 2.55. The van der Waals surface area contributed by atoms with Crippen LogP contribution in [0.1, 0.15) is 13.3 Å². The number of aryl methyl sites for hydroxylation is 1. The lowest BCUT2D eigenvalue weighted by Gasteiger charge is -2.13. The number of nitrogens with one attached hydrogen (secondary N) is 1.